The van der Waals surface area contributed by atoms with E-state index in [9.17, 15) is 0 Å². The molecule has 0 unspecified atom stereocenters. The molecule has 1 rings (SSSR count). The van der Waals surface area contributed by atoms with Gasteiger partial charge in [-0.3, -0.25) is 0 Å². The summed E-state index contributed by atoms with van der Waals surface area (Å²) in [7, 11) is 3.28. The fourth-order valence-electron chi connectivity index (χ4n) is 1.34. The zero-order valence-electron chi connectivity index (χ0n) is 9.53. The first-order valence-electron chi connectivity index (χ1n) is 5.07. The minimum Gasteiger partial charge on any atom is -0.494 e. The average Bonchev–Trinajstić information content (AvgIpc) is 2.28. The molecule has 0 heterocycles. The predicted octanol–water partition coefficient (Wildman–Crippen LogP) is 2.25. The molecule has 3 nitrogen and oxygen atoms in total. The van der Waals surface area contributed by atoms with Gasteiger partial charge in [0.15, 0.2) is 6.29 Å². The second kappa shape index (κ2) is 6.43. The molecule has 1 aromatic rings. The van der Waals surface area contributed by atoms with Crippen LogP contribution in [0.2, 0.25) is 0 Å². The maximum absolute atomic E-state index is 5.36. The van der Waals surface area contributed by atoms with E-state index < -0.39 is 0 Å². The second-order valence-electron chi connectivity index (χ2n) is 3.18. The third kappa shape index (κ3) is 3.90. The highest BCUT2D eigenvalue weighted by molar-refractivity contribution is 5.27. The van der Waals surface area contributed by atoms with Crippen LogP contribution in [0.1, 0.15) is 12.5 Å². The third-order valence-corrected chi connectivity index (χ3v) is 2.16. The summed E-state index contributed by atoms with van der Waals surface area (Å²) in [6.45, 7) is 2.66. The van der Waals surface area contributed by atoms with E-state index in [0.29, 0.717) is 6.61 Å². The molecule has 0 saturated carbocycles. The van der Waals surface area contributed by atoms with E-state index in [1.807, 2.05) is 31.2 Å². The van der Waals surface area contributed by atoms with Crippen molar-refractivity contribution in [3.05, 3.63) is 29.8 Å². The van der Waals surface area contributed by atoms with Gasteiger partial charge in [0.1, 0.15) is 5.75 Å². The van der Waals surface area contributed by atoms with Gasteiger partial charge in [-0.25, -0.2) is 0 Å². The predicted molar refractivity (Wildman–Crippen MR) is 59.1 cm³/mol. The number of hydrogen-bond acceptors (Lipinski definition) is 3. The second-order valence-corrected chi connectivity index (χ2v) is 3.18. The first-order valence-corrected chi connectivity index (χ1v) is 5.07. The van der Waals surface area contributed by atoms with Crippen molar-refractivity contribution in [3.63, 3.8) is 0 Å². The van der Waals surface area contributed by atoms with Gasteiger partial charge in [-0.1, -0.05) is 12.1 Å². The van der Waals surface area contributed by atoms with Crippen LogP contribution in [-0.2, 0) is 15.9 Å². The molecule has 0 aliphatic heterocycles. The highest BCUT2D eigenvalue weighted by Gasteiger charge is 2.06. The molecule has 0 radical (unpaired) electrons. The Balaban J connectivity index is 2.55. The van der Waals surface area contributed by atoms with E-state index in [0.717, 1.165) is 12.2 Å². The summed E-state index contributed by atoms with van der Waals surface area (Å²) in [4.78, 5) is 0. The van der Waals surface area contributed by atoms with Gasteiger partial charge in [-0.2, -0.15) is 0 Å². The fraction of sp³-hybridized carbons (Fsp3) is 0.500. The summed E-state index contributed by atoms with van der Waals surface area (Å²) in [6.07, 6.45) is 0.572. The summed E-state index contributed by atoms with van der Waals surface area (Å²) >= 11 is 0. The third-order valence-electron chi connectivity index (χ3n) is 2.16. The van der Waals surface area contributed by atoms with Gasteiger partial charge in [0.2, 0.25) is 0 Å². The molecular formula is C12H18O3. The van der Waals surface area contributed by atoms with Crippen molar-refractivity contribution in [1.82, 2.24) is 0 Å². The van der Waals surface area contributed by atoms with E-state index in [1.165, 1.54) is 5.56 Å². The van der Waals surface area contributed by atoms with Gasteiger partial charge in [-0.15, -0.1) is 0 Å². The quantitative estimate of drug-likeness (QED) is 0.674. The Bertz CT molecular complexity index is 265. The summed E-state index contributed by atoms with van der Waals surface area (Å²) in [5, 5.41) is 0. The molecule has 1 aromatic carbocycles. The van der Waals surface area contributed by atoms with Gasteiger partial charge >= 0.3 is 0 Å². The lowest BCUT2D eigenvalue weighted by Gasteiger charge is -2.13. The summed E-state index contributed by atoms with van der Waals surface area (Å²) < 4.78 is 15.6. The number of benzene rings is 1. The fourth-order valence-corrected chi connectivity index (χ4v) is 1.34. The molecule has 0 saturated heterocycles. The molecule has 0 amide bonds. The van der Waals surface area contributed by atoms with Crippen molar-refractivity contribution in [2.75, 3.05) is 20.8 Å². The van der Waals surface area contributed by atoms with E-state index in [4.69, 9.17) is 14.2 Å². The van der Waals surface area contributed by atoms with Crippen molar-refractivity contribution in [2.24, 2.45) is 0 Å². The van der Waals surface area contributed by atoms with Crippen LogP contribution in [-0.4, -0.2) is 27.1 Å². The molecular weight excluding hydrogens is 192 g/mol. The Kier molecular flexibility index (Phi) is 5.15. The van der Waals surface area contributed by atoms with Gasteiger partial charge in [0.25, 0.3) is 0 Å². The van der Waals surface area contributed by atoms with Crippen molar-refractivity contribution < 1.29 is 14.2 Å². The average molecular weight is 210 g/mol. The first kappa shape index (κ1) is 12.0. The maximum Gasteiger partial charge on any atom is 0.160 e. The smallest absolute Gasteiger partial charge is 0.160 e. The number of methoxy groups -OCH3 is 2. The van der Waals surface area contributed by atoms with Crippen LogP contribution < -0.4 is 4.74 Å². The van der Waals surface area contributed by atoms with Crippen LogP contribution in [0.3, 0.4) is 0 Å². The molecule has 0 aromatic heterocycles. The van der Waals surface area contributed by atoms with Gasteiger partial charge in [0.05, 0.1) is 6.61 Å². The van der Waals surface area contributed by atoms with E-state index >= 15 is 0 Å². The van der Waals surface area contributed by atoms with Crippen LogP contribution in [0, 0.1) is 0 Å². The lowest BCUT2D eigenvalue weighted by Crippen LogP contribution is -2.15. The number of ether oxygens (including phenoxy) is 3. The molecule has 0 N–H and O–H groups in total. The van der Waals surface area contributed by atoms with Gasteiger partial charge < -0.3 is 14.2 Å². The summed E-state index contributed by atoms with van der Waals surface area (Å²) in [6, 6.07) is 7.97. The van der Waals surface area contributed by atoms with Gasteiger partial charge in [-0.05, 0) is 24.6 Å². The largest absolute Gasteiger partial charge is 0.494 e. The van der Waals surface area contributed by atoms with Crippen LogP contribution in [0.25, 0.3) is 0 Å². The zero-order chi connectivity index (χ0) is 11.1. The molecule has 15 heavy (non-hydrogen) atoms. The normalized spacial score (nSPS) is 10.7. The van der Waals surface area contributed by atoms with Crippen LogP contribution in [0.5, 0.6) is 5.75 Å². The Morgan fingerprint density at radius 3 is 2.13 bits per heavy atom. The highest BCUT2D eigenvalue weighted by atomic mass is 16.7. The van der Waals surface area contributed by atoms with Crippen LogP contribution >= 0.6 is 0 Å². The minimum atomic E-state index is -0.178. The molecule has 84 valence electrons. The molecule has 0 atom stereocenters. The minimum absolute atomic E-state index is 0.178. The topological polar surface area (TPSA) is 27.7 Å². The Morgan fingerprint density at radius 2 is 1.67 bits per heavy atom. The van der Waals surface area contributed by atoms with E-state index in [1.54, 1.807) is 14.2 Å². The van der Waals surface area contributed by atoms with Crippen molar-refractivity contribution >= 4 is 0 Å². The standard InChI is InChI=1S/C12H18O3/c1-4-15-11-7-5-10(6-8-11)9-12(13-2)14-3/h5-8,12H,4,9H2,1-3H3. The molecule has 0 spiro atoms. The lowest BCUT2D eigenvalue weighted by molar-refractivity contribution is -0.100. The van der Waals surface area contributed by atoms with Gasteiger partial charge in [0, 0.05) is 20.6 Å². The Morgan fingerprint density at radius 1 is 1.07 bits per heavy atom. The number of rotatable bonds is 6. The SMILES string of the molecule is CCOc1ccc(CC(OC)OC)cc1. The first-order chi connectivity index (χ1) is 7.30. The lowest BCUT2D eigenvalue weighted by atomic mass is 10.1. The van der Waals surface area contributed by atoms with Crippen LogP contribution in [0.15, 0.2) is 24.3 Å². The van der Waals surface area contributed by atoms with E-state index in [2.05, 4.69) is 0 Å². The maximum atomic E-state index is 5.36. The molecule has 0 aliphatic rings. The van der Waals surface area contributed by atoms with Crippen LogP contribution in [0.4, 0.5) is 0 Å². The van der Waals surface area contributed by atoms with Crippen molar-refractivity contribution in [1.29, 1.82) is 0 Å². The van der Waals surface area contributed by atoms with E-state index in [-0.39, 0.29) is 6.29 Å². The molecule has 0 bridgehead atoms. The van der Waals surface area contributed by atoms with Crippen molar-refractivity contribution in [2.45, 2.75) is 19.6 Å². The Hall–Kier alpha value is -1.06. The molecule has 0 aliphatic carbocycles. The Labute approximate surface area is 91.0 Å². The highest BCUT2D eigenvalue weighted by Crippen LogP contribution is 2.14. The van der Waals surface area contributed by atoms with Crippen molar-refractivity contribution in [3.8, 4) is 5.75 Å². The molecule has 3 heteroatoms. The zero-order valence-corrected chi connectivity index (χ0v) is 9.53. The number of hydrogen-bond donors (Lipinski definition) is 0. The summed E-state index contributed by atoms with van der Waals surface area (Å²) in [5.74, 6) is 0.896. The monoisotopic (exact) mass is 210 g/mol. The summed E-state index contributed by atoms with van der Waals surface area (Å²) in [5.41, 5.74) is 1.17. The molecule has 0 fully saturated rings.